The fourth-order valence-corrected chi connectivity index (χ4v) is 3.29. The van der Waals surface area contributed by atoms with Crippen LogP contribution in [-0.2, 0) is 6.54 Å². The molecule has 0 bridgehead atoms. The SMILES string of the molecule is CCNC(=S)N(CC[NH+](C)C)Cc1cc2cc3c(cc2[nH]c1=O)OCCO3. The minimum Gasteiger partial charge on any atom is -0.486 e. The number of nitrogens with zero attached hydrogens (tertiary/aromatic N) is 1. The van der Waals surface area contributed by atoms with Crippen molar-refractivity contribution < 1.29 is 14.4 Å². The van der Waals surface area contributed by atoms with E-state index in [4.69, 9.17) is 21.7 Å². The van der Waals surface area contributed by atoms with Crippen LogP contribution in [0.2, 0.25) is 0 Å². The van der Waals surface area contributed by atoms with Gasteiger partial charge in [-0.2, -0.15) is 0 Å². The van der Waals surface area contributed by atoms with Crippen molar-refractivity contribution >= 4 is 28.2 Å². The average Bonchev–Trinajstić information content (AvgIpc) is 2.63. The monoisotopic (exact) mass is 391 g/mol. The molecule has 1 aromatic heterocycles. The number of ether oxygens (including phenoxy) is 2. The summed E-state index contributed by atoms with van der Waals surface area (Å²) >= 11 is 5.50. The molecule has 0 unspecified atom stereocenters. The first-order valence-corrected chi connectivity index (χ1v) is 9.66. The number of aromatic amines is 1. The van der Waals surface area contributed by atoms with E-state index < -0.39 is 0 Å². The molecule has 0 atom stereocenters. The first-order chi connectivity index (χ1) is 13.0. The maximum atomic E-state index is 12.6. The van der Waals surface area contributed by atoms with Gasteiger partial charge in [0.05, 0.1) is 39.2 Å². The van der Waals surface area contributed by atoms with Crippen molar-refractivity contribution in [1.82, 2.24) is 15.2 Å². The molecule has 0 aliphatic carbocycles. The second-order valence-corrected chi connectivity index (χ2v) is 7.31. The summed E-state index contributed by atoms with van der Waals surface area (Å²) in [7, 11) is 4.20. The van der Waals surface area contributed by atoms with Crippen LogP contribution >= 0.6 is 12.2 Å². The van der Waals surface area contributed by atoms with Gasteiger partial charge in [-0.05, 0) is 31.3 Å². The first kappa shape index (κ1) is 19.4. The minimum atomic E-state index is -0.110. The van der Waals surface area contributed by atoms with Crippen LogP contribution in [0.4, 0.5) is 0 Å². The highest BCUT2D eigenvalue weighted by Crippen LogP contribution is 2.33. The lowest BCUT2D eigenvalue weighted by atomic mass is 10.1. The molecule has 1 aliphatic rings. The number of H-pyrrole nitrogens is 1. The van der Waals surface area contributed by atoms with Gasteiger partial charge < -0.3 is 29.6 Å². The molecule has 1 aliphatic heterocycles. The van der Waals surface area contributed by atoms with Crippen LogP contribution in [0.5, 0.6) is 11.5 Å². The molecule has 146 valence electrons. The Labute approximate surface area is 164 Å². The fourth-order valence-electron chi connectivity index (χ4n) is 2.99. The van der Waals surface area contributed by atoms with Crippen molar-refractivity contribution in [1.29, 1.82) is 0 Å². The Morgan fingerprint density at radius 3 is 2.63 bits per heavy atom. The maximum Gasteiger partial charge on any atom is 0.253 e. The summed E-state index contributed by atoms with van der Waals surface area (Å²) in [5.41, 5.74) is 1.31. The van der Waals surface area contributed by atoms with Crippen molar-refractivity contribution in [3.8, 4) is 11.5 Å². The molecule has 0 saturated heterocycles. The van der Waals surface area contributed by atoms with E-state index in [9.17, 15) is 4.79 Å². The summed E-state index contributed by atoms with van der Waals surface area (Å²) in [6, 6.07) is 5.65. The average molecular weight is 392 g/mol. The summed E-state index contributed by atoms with van der Waals surface area (Å²) in [6.45, 7) is 5.97. The summed E-state index contributed by atoms with van der Waals surface area (Å²) in [5.74, 6) is 1.38. The number of pyridine rings is 1. The van der Waals surface area contributed by atoms with E-state index >= 15 is 0 Å². The molecule has 0 radical (unpaired) electrons. The zero-order chi connectivity index (χ0) is 19.4. The number of hydrogen-bond donors (Lipinski definition) is 3. The van der Waals surface area contributed by atoms with Gasteiger partial charge >= 0.3 is 0 Å². The normalized spacial score (nSPS) is 13.0. The van der Waals surface area contributed by atoms with E-state index in [-0.39, 0.29) is 5.56 Å². The Morgan fingerprint density at radius 1 is 1.26 bits per heavy atom. The molecule has 0 spiro atoms. The van der Waals surface area contributed by atoms with Crippen LogP contribution < -0.4 is 25.2 Å². The number of quaternary nitrogens is 1. The van der Waals surface area contributed by atoms with Gasteiger partial charge in [0.25, 0.3) is 5.56 Å². The Bertz CT molecular complexity index is 881. The number of likely N-dealkylation sites (N-methyl/N-ethyl adjacent to an activating group) is 1. The molecule has 3 N–H and O–H groups in total. The third kappa shape index (κ3) is 4.70. The predicted molar refractivity (Wildman–Crippen MR) is 110 cm³/mol. The van der Waals surface area contributed by atoms with Crippen LogP contribution in [0.15, 0.2) is 23.0 Å². The van der Waals surface area contributed by atoms with Crippen molar-refractivity contribution in [2.75, 3.05) is 46.9 Å². The predicted octanol–water partition coefficient (Wildman–Crippen LogP) is 0.140. The molecule has 2 aromatic rings. The molecule has 27 heavy (non-hydrogen) atoms. The van der Waals surface area contributed by atoms with Gasteiger partial charge in [0.15, 0.2) is 16.6 Å². The Kier molecular flexibility index (Phi) is 6.18. The number of hydrogen-bond acceptors (Lipinski definition) is 4. The molecule has 2 heterocycles. The summed E-state index contributed by atoms with van der Waals surface area (Å²) in [4.78, 5) is 19.0. The van der Waals surface area contributed by atoms with Gasteiger partial charge in [-0.15, -0.1) is 0 Å². The van der Waals surface area contributed by atoms with Crippen molar-refractivity contribution in [2.45, 2.75) is 13.5 Å². The lowest BCUT2D eigenvalue weighted by molar-refractivity contribution is -0.857. The number of fused-ring (bicyclic) bond motifs is 2. The Balaban J connectivity index is 1.90. The van der Waals surface area contributed by atoms with Gasteiger partial charge in [0.1, 0.15) is 13.2 Å². The van der Waals surface area contributed by atoms with E-state index in [0.29, 0.717) is 41.9 Å². The van der Waals surface area contributed by atoms with Gasteiger partial charge in [-0.25, -0.2) is 0 Å². The molecular formula is C19H27N4O3S+. The Morgan fingerprint density at radius 2 is 1.96 bits per heavy atom. The highest BCUT2D eigenvalue weighted by atomic mass is 32.1. The molecule has 7 nitrogen and oxygen atoms in total. The van der Waals surface area contributed by atoms with E-state index in [0.717, 1.165) is 30.5 Å². The number of aromatic nitrogens is 1. The number of nitrogens with one attached hydrogen (secondary N) is 3. The highest BCUT2D eigenvalue weighted by Gasteiger charge is 2.17. The van der Waals surface area contributed by atoms with E-state index in [1.54, 1.807) is 0 Å². The number of rotatable bonds is 6. The van der Waals surface area contributed by atoms with E-state index in [1.807, 2.05) is 30.0 Å². The lowest BCUT2D eigenvalue weighted by Crippen LogP contribution is -3.06. The van der Waals surface area contributed by atoms with Gasteiger partial charge in [-0.1, -0.05) is 0 Å². The molecule has 0 saturated carbocycles. The van der Waals surface area contributed by atoms with Crippen LogP contribution in [0.3, 0.4) is 0 Å². The standard InChI is InChI=1S/C19H26N4O3S/c1-4-20-19(27)23(6-5-22(2)3)12-14-9-13-10-16-17(26-8-7-25-16)11-15(13)21-18(14)24/h9-11H,4-8,12H2,1-3H3,(H,20,27)(H,21,24)/p+1. The maximum absolute atomic E-state index is 12.6. The summed E-state index contributed by atoms with van der Waals surface area (Å²) < 4.78 is 11.3. The second kappa shape index (κ2) is 8.58. The topological polar surface area (TPSA) is 71.0 Å². The second-order valence-electron chi connectivity index (χ2n) is 6.92. The van der Waals surface area contributed by atoms with Crippen molar-refractivity contribution in [3.05, 3.63) is 34.1 Å². The molecule has 0 fully saturated rings. The third-order valence-corrected chi connectivity index (χ3v) is 4.84. The molecule has 8 heteroatoms. The molecule has 1 aromatic carbocycles. The largest absolute Gasteiger partial charge is 0.486 e. The molecular weight excluding hydrogens is 364 g/mol. The van der Waals surface area contributed by atoms with E-state index in [2.05, 4.69) is 24.4 Å². The van der Waals surface area contributed by atoms with Gasteiger partial charge in [0.2, 0.25) is 0 Å². The smallest absolute Gasteiger partial charge is 0.253 e. The first-order valence-electron chi connectivity index (χ1n) is 9.25. The fraction of sp³-hybridized carbons (Fsp3) is 0.474. The van der Waals surface area contributed by atoms with E-state index in [1.165, 1.54) is 4.90 Å². The van der Waals surface area contributed by atoms with Crippen molar-refractivity contribution in [2.24, 2.45) is 0 Å². The van der Waals surface area contributed by atoms with Crippen molar-refractivity contribution in [3.63, 3.8) is 0 Å². The highest BCUT2D eigenvalue weighted by molar-refractivity contribution is 7.80. The summed E-state index contributed by atoms with van der Waals surface area (Å²) in [6.07, 6.45) is 0. The van der Waals surface area contributed by atoms with Crippen LogP contribution in [0.25, 0.3) is 10.9 Å². The van der Waals surface area contributed by atoms with Crippen LogP contribution in [0.1, 0.15) is 12.5 Å². The molecule has 0 amide bonds. The number of benzene rings is 1. The van der Waals surface area contributed by atoms with Gasteiger partial charge in [0, 0.05) is 23.6 Å². The minimum absolute atomic E-state index is 0.110. The Hall–Kier alpha value is -2.32. The number of thiocarbonyl (C=S) groups is 1. The molecule has 3 rings (SSSR count). The zero-order valence-electron chi connectivity index (χ0n) is 16.1. The third-order valence-electron chi connectivity index (χ3n) is 4.44. The lowest BCUT2D eigenvalue weighted by Gasteiger charge is -2.26. The zero-order valence-corrected chi connectivity index (χ0v) is 16.9. The summed E-state index contributed by atoms with van der Waals surface area (Å²) in [5, 5.41) is 4.77. The van der Waals surface area contributed by atoms with Crippen LogP contribution in [-0.4, -0.2) is 61.9 Å². The quantitative estimate of drug-likeness (QED) is 0.609. The van der Waals surface area contributed by atoms with Crippen LogP contribution in [0, 0.1) is 0 Å². The van der Waals surface area contributed by atoms with Gasteiger partial charge in [-0.3, -0.25) is 4.79 Å².